The van der Waals surface area contributed by atoms with Crippen LogP contribution in [0.5, 0.6) is 0 Å². The van der Waals surface area contributed by atoms with Gasteiger partial charge >= 0.3 is 6.09 Å². The van der Waals surface area contributed by atoms with Crippen LogP contribution in [0, 0.1) is 17.6 Å². The van der Waals surface area contributed by atoms with E-state index in [9.17, 15) is 18.7 Å². The molecule has 0 aromatic heterocycles. The smallest absolute Gasteiger partial charge is 0.407 e. The van der Waals surface area contributed by atoms with Gasteiger partial charge in [-0.15, -0.1) is 0 Å². The minimum absolute atomic E-state index is 0.218. The summed E-state index contributed by atoms with van der Waals surface area (Å²) in [6.45, 7) is 2.97. The van der Waals surface area contributed by atoms with Gasteiger partial charge in [-0.3, -0.25) is 0 Å². The second-order valence-corrected chi connectivity index (χ2v) is 8.89. The molecule has 6 nitrogen and oxygen atoms in total. The molecule has 8 heteroatoms. The lowest BCUT2D eigenvalue weighted by Crippen LogP contribution is -2.42. The predicted molar refractivity (Wildman–Crippen MR) is 122 cm³/mol. The molecule has 2 heterocycles. The Bertz CT molecular complexity index is 935. The summed E-state index contributed by atoms with van der Waals surface area (Å²) >= 11 is 0. The van der Waals surface area contributed by atoms with E-state index < -0.39 is 29.9 Å². The maximum atomic E-state index is 13.5. The van der Waals surface area contributed by atoms with Crippen LogP contribution < -0.4 is 16.0 Å². The number of benzene rings is 2. The number of halogens is 2. The molecule has 3 atom stereocenters. The largest absolute Gasteiger partial charge is 0.442 e. The first kappa shape index (κ1) is 23.6. The van der Waals surface area contributed by atoms with Gasteiger partial charge < -0.3 is 25.8 Å². The van der Waals surface area contributed by atoms with Crippen LogP contribution in [-0.4, -0.2) is 55.6 Å². The van der Waals surface area contributed by atoms with Gasteiger partial charge in [0.15, 0.2) is 11.6 Å². The number of rotatable bonds is 7. The number of carbonyl (C=O) groups excluding carboxylic acids is 1. The van der Waals surface area contributed by atoms with E-state index in [1.54, 1.807) is 0 Å². The third kappa shape index (κ3) is 6.28. The van der Waals surface area contributed by atoms with Crippen LogP contribution in [0.4, 0.5) is 13.6 Å². The molecule has 2 fully saturated rings. The highest BCUT2D eigenvalue weighted by molar-refractivity contribution is 5.67. The molecule has 2 aromatic carbocycles. The van der Waals surface area contributed by atoms with Crippen molar-refractivity contribution in [3.63, 3.8) is 0 Å². The molecule has 1 amide bonds. The van der Waals surface area contributed by atoms with Crippen LogP contribution in [0.2, 0.25) is 0 Å². The first-order valence-corrected chi connectivity index (χ1v) is 11.6. The van der Waals surface area contributed by atoms with Crippen molar-refractivity contribution < 1.29 is 23.4 Å². The van der Waals surface area contributed by atoms with E-state index >= 15 is 0 Å². The zero-order chi connectivity index (χ0) is 23.2. The molecular weight excluding hydrogens is 428 g/mol. The average Bonchev–Trinajstić information content (AvgIpc) is 3.16. The van der Waals surface area contributed by atoms with Crippen LogP contribution in [0.15, 0.2) is 42.5 Å². The van der Waals surface area contributed by atoms with Crippen LogP contribution in [-0.2, 0) is 11.2 Å². The molecule has 0 saturated carbocycles. The van der Waals surface area contributed by atoms with Gasteiger partial charge in [-0.2, -0.15) is 0 Å². The Morgan fingerprint density at radius 2 is 1.79 bits per heavy atom. The number of amides is 1. The molecule has 178 valence electrons. The Morgan fingerprint density at radius 1 is 1.06 bits per heavy atom. The van der Waals surface area contributed by atoms with Crippen molar-refractivity contribution in [1.82, 2.24) is 16.0 Å². The van der Waals surface area contributed by atoms with E-state index in [-0.39, 0.29) is 6.04 Å². The standard InChI is InChI=1S/C25H31F2N3O3/c26-20-6-5-19(14-21(20)27)18-3-1-17(2-4-18)13-22-24(23(31)15-30-22)33-25(32)29-12-9-16-7-10-28-11-8-16/h1-6,14,16,22-24,28,30-31H,7-13,15H2,(H,29,32)/t22-,23+,24+/m1/s1. The fraction of sp³-hybridized carbons (Fsp3) is 0.480. The highest BCUT2D eigenvalue weighted by Crippen LogP contribution is 2.24. The Kier molecular flexibility index (Phi) is 7.90. The lowest BCUT2D eigenvalue weighted by atomic mass is 9.95. The summed E-state index contributed by atoms with van der Waals surface area (Å²) < 4.78 is 32.3. The van der Waals surface area contributed by atoms with Crippen LogP contribution in [0.1, 0.15) is 24.8 Å². The molecule has 4 rings (SSSR count). The maximum absolute atomic E-state index is 13.5. The van der Waals surface area contributed by atoms with E-state index in [4.69, 9.17) is 4.74 Å². The Morgan fingerprint density at radius 3 is 2.52 bits per heavy atom. The molecule has 2 saturated heterocycles. The number of hydrogen-bond donors (Lipinski definition) is 4. The SMILES string of the molecule is O=C(NCCC1CCNCC1)O[C@@H]1[C@@H](O)CN[C@@H]1Cc1ccc(-c2ccc(F)c(F)c2)cc1. The van der Waals surface area contributed by atoms with Crippen LogP contribution >= 0.6 is 0 Å². The molecule has 0 radical (unpaired) electrons. The van der Waals surface area contributed by atoms with Gasteiger partial charge in [0.05, 0.1) is 6.04 Å². The van der Waals surface area contributed by atoms with E-state index in [0.29, 0.717) is 31.0 Å². The number of alkyl carbamates (subject to hydrolysis) is 1. The van der Waals surface area contributed by atoms with Crippen molar-refractivity contribution in [2.24, 2.45) is 5.92 Å². The van der Waals surface area contributed by atoms with Gasteiger partial charge in [0.25, 0.3) is 0 Å². The number of β-amino-alcohol motifs (C(OH)–C–C–N with tert-alkyl or cyclic N) is 1. The quantitative estimate of drug-likeness (QED) is 0.512. The predicted octanol–water partition coefficient (Wildman–Crippen LogP) is 2.99. The third-order valence-electron chi connectivity index (χ3n) is 6.55. The summed E-state index contributed by atoms with van der Waals surface area (Å²) in [6.07, 6.45) is 1.81. The molecule has 33 heavy (non-hydrogen) atoms. The first-order chi connectivity index (χ1) is 16.0. The number of hydrogen-bond acceptors (Lipinski definition) is 5. The molecule has 0 bridgehead atoms. The average molecular weight is 460 g/mol. The maximum Gasteiger partial charge on any atom is 0.407 e. The summed E-state index contributed by atoms with van der Waals surface area (Å²) in [4.78, 5) is 12.3. The molecule has 0 aliphatic carbocycles. The van der Waals surface area contributed by atoms with E-state index in [2.05, 4.69) is 16.0 Å². The fourth-order valence-electron chi connectivity index (χ4n) is 4.60. The number of aliphatic hydroxyl groups excluding tert-OH is 1. The van der Waals surface area contributed by atoms with Gasteiger partial charge in [-0.1, -0.05) is 30.3 Å². The monoisotopic (exact) mass is 459 g/mol. The number of carbonyl (C=O) groups is 1. The van der Waals surface area contributed by atoms with Gasteiger partial charge in [-0.05, 0) is 73.5 Å². The van der Waals surface area contributed by atoms with Crippen LogP contribution in [0.25, 0.3) is 11.1 Å². The van der Waals surface area contributed by atoms with Crippen molar-refractivity contribution >= 4 is 6.09 Å². The van der Waals surface area contributed by atoms with Crippen molar-refractivity contribution in [2.75, 3.05) is 26.2 Å². The van der Waals surface area contributed by atoms with E-state index in [1.165, 1.54) is 12.1 Å². The topological polar surface area (TPSA) is 82.6 Å². The lowest BCUT2D eigenvalue weighted by Gasteiger charge is -2.24. The van der Waals surface area contributed by atoms with Crippen molar-refractivity contribution in [1.29, 1.82) is 0 Å². The summed E-state index contributed by atoms with van der Waals surface area (Å²) in [5.74, 6) is -1.13. The van der Waals surface area contributed by atoms with Gasteiger partial charge in [0.2, 0.25) is 0 Å². The fourth-order valence-corrected chi connectivity index (χ4v) is 4.60. The Hall–Kier alpha value is -2.55. The summed E-state index contributed by atoms with van der Waals surface area (Å²) in [5.41, 5.74) is 2.35. The summed E-state index contributed by atoms with van der Waals surface area (Å²) in [7, 11) is 0. The minimum Gasteiger partial charge on any atom is -0.442 e. The molecular formula is C25H31F2N3O3. The second kappa shape index (κ2) is 11.0. The van der Waals surface area contributed by atoms with Gasteiger partial charge in [0.1, 0.15) is 12.2 Å². The van der Waals surface area contributed by atoms with Crippen molar-refractivity contribution in [3.05, 3.63) is 59.7 Å². The Labute approximate surface area is 192 Å². The molecule has 2 aliphatic heterocycles. The lowest BCUT2D eigenvalue weighted by molar-refractivity contribution is 0.0188. The number of aliphatic hydroxyl groups is 1. The summed E-state index contributed by atoms with van der Waals surface area (Å²) in [6, 6.07) is 11.1. The minimum atomic E-state index is -0.880. The van der Waals surface area contributed by atoms with Crippen LogP contribution in [0.3, 0.4) is 0 Å². The second-order valence-electron chi connectivity index (χ2n) is 8.89. The molecule has 0 spiro atoms. The molecule has 2 aromatic rings. The van der Waals surface area contributed by atoms with Gasteiger partial charge in [0, 0.05) is 13.1 Å². The molecule has 2 aliphatic rings. The number of ether oxygens (including phenoxy) is 1. The first-order valence-electron chi connectivity index (χ1n) is 11.6. The number of piperidine rings is 1. The molecule has 0 unspecified atom stereocenters. The highest BCUT2D eigenvalue weighted by atomic mass is 19.2. The van der Waals surface area contributed by atoms with Gasteiger partial charge in [-0.25, -0.2) is 13.6 Å². The zero-order valence-electron chi connectivity index (χ0n) is 18.5. The highest BCUT2D eigenvalue weighted by Gasteiger charge is 2.37. The zero-order valence-corrected chi connectivity index (χ0v) is 18.5. The Balaban J connectivity index is 1.29. The third-order valence-corrected chi connectivity index (χ3v) is 6.55. The van der Waals surface area contributed by atoms with E-state index in [0.717, 1.165) is 49.5 Å². The van der Waals surface area contributed by atoms with E-state index in [1.807, 2.05) is 24.3 Å². The normalized spacial score (nSPS) is 23.4. The van der Waals surface area contributed by atoms with Crippen molar-refractivity contribution in [2.45, 2.75) is 43.9 Å². The van der Waals surface area contributed by atoms with Crippen molar-refractivity contribution in [3.8, 4) is 11.1 Å². The number of nitrogens with one attached hydrogen (secondary N) is 3. The summed E-state index contributed by atoms with van der Waals surface area (Å²) in [5, 5.41) is 19.7. The molecule has 4 N–H and O–H groups in total.